The van der Waals surface area contributed by atoms with E-state index >= 15 is 0 Å². The molecule has 0 amide bonds. The number of esters is 1. The number of nitrogens with zero attached hydrogens (tertiary/aromatic N) is 1. The lowest BCUT2D eigenvalue weighted by Crippen LogP contribution is -2.29. The van der Waals surface area contributed by atoms with Crippen LogP contribution >= 0.6 is 12.4 Å². The molecule has 0 aliphatic heterocycles. The van der Waals surface area contributed by atoms with Gasteiger partial charge in [-0.05, 0) is 51.1 Å². The number of rotatable bonds is 6. The van der Waals surface area contributed by atoms with Crippen molar-refractivity contribution in [1.29, 1.82) is 0 Å². The minimum Gasteiger partial charge on any atom is -0.497 e. The maximum atomic E-state index is 12.4. The lowest BCUT2D eigenvalue weighted by molar-refractivity contribution is -0.146. The topological polar surface area (TPSA) is 38.8 Å². The van der Waals surface area contributed by atoms with Crippen molar-refractivity contribution in [3.05, 3.63) is 29.8 Å². The van der Waals surface area contributed by atoms with Crippen LogP contribution in [0.2, 0.25) is 0 Å². The van der Waals surface area contributed by atoms with E-state index in [2.05, 4.69) is 4.90 Å². The zero-order valence-corrected chi connectivity index (χ0v) is 13.9. The van der Waals surface area contributed by atoms with Gasteiger partial charge in [0.15, 0.2) is 0 Å². The third kappa shape index (κ3) is 3.50. The van der Waals surface area contributed by atoms with Crippen LogP contribution < -0.4 is 4.74 Å². The molecule has 2 unspecified atom stereocenters. The summed E-state index contributed by atoms with van der Waals surface area (Å²) in [6, 6.07) is 7.76. The zero-order chi connectivity index (χ0) is 14.8. The summed E-state index contributed by atoms with van der Waals surface area (Å²) >= 11 is 0. The summed E-state index contributed by atoms with van der Waals surface area (Å²) in [7, 11) is 5.70. The van der Waals surface area contributed by atoms with Crippen molar-refractivity contribution < 1.29 is 14.3 Å². The van der Waals surface area contributed by atoms with Crippen LogP contribution in [-0.2, 0) is 14.9 Å². The molecule has 4 nitrogen and oxygen atoms in total. The van der Waals surface area contributed by atoms with E-state index in [1.807, 2.05) is 45.3 Å². The molecule has 1 aliphatic rings. The van der Waals surface area contributed by atoms with Gasteiger partial charge in [0, 0.05) is 6.54 Å². The molecule has 1 fully saturated rings. The molecule has 118 valence electrons. The summed E-state index contributed by atoms with van der Waals surface area (Å²) < 4.78 is 10.5. The third-order valence-corrected chi connectivity index (χ3v) is 3.94. The highest BCUT2D eigenvalue weighted by atomic mass is 35.5. The standard InChI is InChI=1S/C16H23NO3.ClH/c1-5-20-15(18)16(10-13(16)11-17(2)3)12-6-8-14(19-4)9-7-12;/h6-9,13H,5,10-11H2,1-4H3;1H. The van der Waals surface area contributed by atoms with Gasteiger partial charge >= 0.3 is 5.97 Å². The number of carbonyl (C=O) groups is 1. The Morgan fingerprint density at radius 3 is 2.43 bits per heavy atom. The predicted molar refractivity (Wildman–Crippen MR) is 85.2 cm³/mol. The van der Waals surface area contributed by atoms with Crippen molar-refractivity contribution in [2.75, 3.05) is 34.4 Å². The summed E-state index contributed by atoms with van der Waals surface area (Å²) in [5, 5.41) is 0. The van der Waals surface area contributed by atoms with E-state index in [1.165, 1.54) is 0 Å². The molecule has 1 saturated carbocycles. The Labute approximate surface area is 132 Å². The van der Waals surface area contributed by atoms with Gasteiger partial charge in [-0.3, -0.25) is 4.79 Å². The highest BCUT2D eigenvalue weighted by molar-refractivity contribution is 5.87. The first-order valence-electron chi connectivity index (χ1n) is 7.01. The van der Waals surface area contributed by atoms with Gasteiger partial charge in [-0.2, -0.15) is 0 Å². The Morgan fingerprint density at radius 2 is 1.95 bits per heavy atom. The monoisotopic (exact) mass is 313 g/mol. The number of ether oxygens (including phenoxy) is 2. The minimum absolute atomic E-state index is 0. The Morgan fingerprint density at radius 1 is 1.33 bits per heavy atom. The quantitative estimate of drug-likeness (QED) is 0.756. The van der Waals surface area contributed by atoms with E-state index in [0.717, 1.165) is 24.3 Å². The summed E-state index contributed by atoms with van der Waals surface area (Å²) in [6.07, 6.45) is 0.857. The number of carbonyl (C=O) groups excluding carboxylic acids is 1. The molecule has 0 saturated heterocycles. The number of halogens is 1. The molecule has 0 bridgehead atoms. The van der Waals surface area contributed by atoms with Gasteiger partial charge < -0.3 is 14.4 Å². The maximum Gasteiger partial charge on any atom is 0.316 e. The average molecular weight is 314 g/mol. The fourth-order valence-corrected chi connectivity index (χ4v) is 2.86. The van der Waals surface area contributed by atoms with Crippen molar-refractivity contribution in [3.8, 4) is 5.75 Å². The van der Waals surface area contributed by atoms with Crippen molar-refractivity contribution >= 4 is 18.4 Å². The average Bonchev–Trinajstić information content (AvgIpc) is 3.13. The van der Waals surface area contributed by atoms with Crippen LogP contribution in [-0.4, -0.2) is 45.2 Å². The second-order valence-electron chi connectivity index (χ2n) is 5.58. The first-order chi connectivity index (χ1) is 9.54. The molecule has 1 aromatic rings. The van der Waals surface area contributed by atoms with Gasteiger partial charge in [0.05, 0.1) is 19.1 Å². The molecule has 21 heavy (non-hydrogen) atoms. The Kier molecular flexibility index (Phi) is 6.05. The normalized spacial score (nSPS) is 23.4. The van der Waals surface area contributed by atoms with Crippen LogP contribution in [0.4, 0.5) is 0 Å². The summed E-state index contributed by atoms with van der Waals surface area (Å²) in [5.41, 5.74) is 0.565. The van der Waals surface area contributed by atoms with E-state index in [0.29, 0.717) is 12.5 Å². The first-order valence-corrected chi connectivity index (χ1v) is 7.01. The highest BCUT2D eigenvalue weighted by Gasteiger charge is 2.62. The van der Waals surface area contributed by atoms with Crippen molar-refractivity contribution in [2.45, 2.75) is 18.8 Å². The maximum absolute atomic E-state index is 12.4. The fourth-order valence-electron chi connectivity index (χ4n) is 2.86. The van der Waals surface area contributed by atoms with Crippen molar-refractivity contribution in [2.24, 2.45) is 5.92 Å². The molecule has 0 aromatic heterocycles. The van der Waals surface area contributed by atoms with Crippen molar-refractivity contribution in [1.82, 2.24) is 4.90 Å². The zero-order valence-electron chi connectivity index (χ0n) is 13.1. The first kappa shape index (κ1) is 17.8. The van der Waals surface area contributed by atoms with Crippen LogP contribution in [0.25, 0.3) is 0 Å². The molecule has 1 aliphatic carbocycles. The molecule has 5 heteroatoms. The fraction of sp³-hybridized carbons (Fsp3) is 0.562. The summed E-state index contributed by atoms with van der Waals surface area (Å²) in [4.78, 5) is 14.5. The highest BCUT2D eigenvalue weighted by Crippen LogP contribution is 2.55. The second-order valence-corrected chi connectivity index (χ2v) is 5.58. The summed E-state index contributed by atoms with van der Waals surface area (Å²) in [5.74, 6) is 1.03. The van der Waals surface area contributed by atoms with E-state index in [4.69, 9.17) is 9.47 Å². The Bertz CT molecular complexity index is 475. The number of benzene rings is 1. The van der Waals surface area contributed by atoms with Crippen LogP contribution in [0.5, 0.6) is 5.75 Å². The third-order valence-electron chi connectivity index (χ3n) is 3.94. The smallest absolute Gasteiger partial charge is 0.316 e. The SMILES string of the molecule is CCOC(=O)C1(c2ccc(OC)cc2)CC1CN(C)C.Cl. The molecular weight excluding hydrogens is 290 g/mol. The van der Waals surface area contributed by atoms with E-state index in [-0.39, 0.29) is 18.4 Å². The van der Waals surface area contributed by atoms with Gasteiger partial charge in [0.2, 0.25) is 0 Å². The molecule has 0 spiro atoms. The minimum atomic E-state index is -0.466. The van der Waals surface area contributed by atoms with E-state index in [1.54, 1.807) is 7.11 Å². The van der Waals surface area contributed by atoms with E-state index in [9.17, 15) is 4.79 Å². The van der Waals surface area contributed by atoms with Gasteiger partial charge in [0.25, 0.3) is 0 Å². The number of hydrogen-bond donors (Lipinski definition) is 0. The number of methoxy groups -OCH3 is 1. The summed E-state index contributed by atoms with van der Waals surface area (Å²) in [6.45, 7) is 3.17. The molecule has 2 rings (SSSR count). The second kappa shape index (κ2) is 7.14. The predicted octanol–water partition coefficient (Wildman–Crippen LogP) is 2.50. The lowest BCUT2D eigenvalue weighted by atomic mass is 9.93. The molecule has 0 N–H and O–H groups in total. The van der Waals surface area contributed by atoms with Crippen LogP contribution in [0.1, 0.15) is 18.9 Å². The largest absolute Gasteiger partial charge is 0.497 e. The van der Waals surface area contributed by atoms with E-state index < -0.39 is 5.41 Å². The Hall–Kier alpha value is -1.26. The van der Waals surface area contributed by atoms with Crippen molar-refractivity contribution in [3.63, 3.8) is 0 Å². The molecule has 0 radical (unpaired) electrons. The molecule has 2 atom stereocenters. The lowest BCUT2D eigenvalue weighted by Gasteiger charge is -2.18. The van der Waals surface area contributed by atoms with Gasteiger partial charge in [-0.25, -0.2) is 0 Å². The molecule has 1 aromatic carbocycles. The van der Waals surface area contributed by atoms with Gasteiger partial charge in [-0.1, -0.05) is 12.1 Å². The Balaban J connectivity index is 0.00000220. The van der Waals surface area contributed by atoms with Gasteiger partial charge in [0.1, 0.15) is 5.75 Å². The van der Waals surface area contributed by atoms with Gasteiger partial charge in [-0.15, -0.1) is 12.4 Å². The van der Waals surface area contributed by atoms with Crippen LogP contribution in [0.3, 0.4) is 0 Å². The molecule has 0 heterocycles. The van der Waals surface area contributed by atoms with Crippen LogP contribution in [0.15, 0.2) is 24.3 Å². The van der Waals surface area contributed by atoms with Crippen LogP contribution in [0, 0.1) is 5.92 Å². The molecular formula is C16H24ClNO3. The number of hydrogen-bond acceptors (Lipinski definition) is 4.